The lowest BCUT2D eigenvalue weighted by Gasteiger charge is -2.02. The average Bonchev–Trinajstić information content (AvgIpc) is 2.79. The van der Waals surface area contributed by atoms with Crippen molar-refractivity contribution in [2.24, 2.45) is 0 Å². The van der Waals surface area contributed by atoms with Crippen LogP contribution in [0.3, 0.4) is 0 Å². The van der Waals surface area contributed by atoms with E-state index in [1.807, 2.05) is 0 Å². The number of aliphatic hydroxyl groups is 1. The first-order valence-corrected chi connectivity index (χ1v) is 6.60. The fraction of sp³-hybridized carbons (Fsp3) is 0.467. The fourth-order valence-electron chi connectivity index (χ4n) is 1.89. The van der Waals surface area contributed by atoms with Crippen LogP contribution in [0.2, 0.25) is 0 Å². The molecule has 0 aliphatic carbocycles. The molecular formula is C15H20N2O2. The molecule has 0 amide bonds. The summed E-state index contributed by atoms with van der Waals surface area (Å²) >= 11 is 0. The minimum atomic E-state index is -0.338. The summed E-state index contributed by atoms with van der Waals surface area (Å²) in [5.74, 6) is 1.29. The van der Waals surface area contributed by atoms with Crippen LogP contribution >= 0.6 is 0 Å². The highest BCUT2D eigenvalue weighted by Crippen LogP contribution is 2.13. The third-order valence-electron chi connectivity index (χ3n) is 3.22. The van der Waals surface area contributed by atoms with Gasteiger partial charge >= 0.3 is 0 Å². The van der Waals surface area contributed by atoms with Gasteiger partial charge in [-0.05, 0) is 43.9 Å². The van der Waals surface area contributed by atoms with Crippen LogP contribution in [0.15, 0.2) is 22.7 Å². The molecule has 1 aromatic carbocycles. The highest BCUT2D eigenvalue weighted by Gasteiger charge is 2.08. The van der Waals surface area contributed by atoms with E-state index in [0.717, 1.165) is 0 Å². The molecule has 0 saturated carbocycles. The number of aromatic nitrogens is 2. The van der Waals surface area contributed by atoms with Crippen molar-refractivity contribution in [2.75, 3.05) is 0 Å². The second-order valence-electron chi connectivity index (χ2n) is 5.09. The molecular weight excluding hydrogens is 240 g/mol. The van der Waals surface area contributed by atoms with Crippen LogP contribution in [0.5, 0.6) is 0 Å². The van der Waals surface area contributed by atoms with Crippen LogP contribution in [0.1, 0.15) is 41.8 Å². The van der Waals surface area contributed by atoms with Gasteiger partial charge in [0.1, 0.15) is 0 Å². The Labute approximate surface area is 113 Å². The van der Waals surface area contributed by atoms with Crippen molar-refractivity contribution in [1.29, 1.82) is 0 Å². The normalized spacial score (nSPS) is 12.6. The maximum atomic E-state index is 9.22. The lowest BCUT2D eigenvalue weighted by Crippen LogP contribution is -2.01. The zero-order chi connectivity index (χ0) is 13.8. The third-order valence-corrected chi connectivity index (χ3v) is 3.22. The van der Waals surface area contributed by atoms with E-state index < -0.39 is 0 Å². The van der Waals surface area contributed by atoms with Crippen LogP contribution in [-0.2, 0) is 12.8 Å². The van der Waals surface area contributed by atoms with E-state index in [0.29, 0.717) is 31.0 Å². The summed E-state index contributed by atoms with van der Waals surface area (Å²) < 4.78 is 5.17. The first-order valence-electron chi connectivity index (χ1n) is 6.60. The molecule has 2 rings (SSSR count). The van der Waals surface area contributed by atoms with E-state index in [9.17, 15) is 5.11 Å². The highest BCUT2D eigenvalue weighted by atomic mass is 16.5. The van der Waals surface area contributed by atoms with Crippen molar-refractivity contribution >= 4 is 0 Å². The first kappa shape index (κ1) is 13.7. The summed E-state index contributed by atoms with van der Waals surface area (Å²) in [6, 6.07) is 6.36. The summed E-state index contributed by atoms with van der Waals surface area (Å²) in [7, 11) is 0. The molecule has 1 atom stereocenters. The van der Waals surface area contributed by atoms with Gasteiger partial charge in [-0.2, -0.15) is 4.98 Å². The number of aliphatic hydroxyl groups excluding tert-OH is 1. The molecule has 4 heteroatoms. The van der Waals surface area contributed by atoms with Gasteiger partial charge in [0.2, 0.25) is 5.89 Å². The molecule has 1 heterocycles. The Kier molecular flexibility index (Phi) is 4.32. The molecule has 102 valence electrons. The molecule has 19 heavy (non-hydrogen) atoms. The number of benzene rings is 1. The first-order chi connectivity index (χ1) is 9.04. The molecule has 0 spiro atoms. The smallest absolute Gasteiger partial charge is 0.226 e. The molecule has 0 fully saturated rings. The number of rotatable bonds is 5. The van der Waals surface area contributed by atoms with E-state index in [4.69, 9.17) is 4.52 Å². The quantitative estimate of drug-likeness (QED) is 0.897. The Morgan fingerprint density at radius 1 is 1.26 bits per heavy atom. The lowest BCUT2D eigenvalue weighted by molar-refractivity contribution is 0.180. The largest absolute Gasteiger partial charge is 0.393 e. The maximum absolute atomic E-state index is 9.22. The predicted octanol–water partition coefficient (Wildman–Crippen LogP) is 2.59. The van der Waals surface area contributed by atoms with Gasteiger partial charge in [-0.3, -0.25) is 0 Å². The number of hydrogen-bond donors (Lipinski definition) is 1. The summed E-state index contributed by atoms with van der Waals surface area (Å²) in [6.07, 6.45) is 1.61. The van der Waals surface area contributed by atoms with Gasteiger partial charge in [0.25, 0.3) is 0 Å². The Bertz CT molecular complexity index is 547. The van der Waals surface area contributed by atoms with Gasteiger partial charge < -0.3 is 9.63 Å². The Morgan fingerprint density at radius 2 is 2.05 bits per heavy atom. The third kappa shape index (κ3) is 3.89. The van der Waals surface area contributed by atoms with Gasteiger partial charge in [0, 0.05) is 12.8 Å². The minimum absolute atomic E-state index is 0.338. The summed E-state index contributed by atoms with van der Waals surface area (Å²) in [6.45, 7) is 5.96. The van der Waals surface area contributed by atoms with Gasteiger partial charge in [-0.25, -0.2) is 0 Å². The van der Waals surface area contributed by atoms with Crippen molar-refractivity contribution in [3.63, 3.8) is 0 Å². The zero-order valence-electron chi connectivity index (χ0n) is 11.7. The van der Waals surface area contributed by atoms with Crippen LogP contribution in [-0.4, -0.2) is 21.4 Å². The molecule has 0 aliphatic rings. The van der Waals surface area contributed by atoms with E-state index >= 15 is 0 Å². The molecule has 0 bridgehead atoms. The fourth-order valence-corrected chi connectivity index (χ4v) is 1.89. The molecule has 2 aromatic rings. The van der Waals surface area contributed by atoms with Crippen molar-refractivity contribution in [1.82, 2.24) is 10.1 Å². The number of hydrogen-bond acceptors (Lipinski definition) is 4. The van der Waals surface area contributed by atoms with Gasteiger partial charge in [-0.15, -0.1) is 0 Å². The molecule has 0 aliphatic heterocycles. The molecule has 0 radical (unpaired) electrons. The van der Waals surface area contributed by atoms with Crippen LogP contribution in [0.25, 0.3) is 0 Å². The SMILES string of the molecule is Cc1ccc(Cc2noc(CCC(C)O)n2)cc1C. The van der Waals surface area contributed by atoms with Gasteiger partial charge in [0.05, 0.1) is 6.10 Å². The Morgan fingerprint density at radius 3 is 2.74 bits per heavy atom. The molecule has 1 unspecified atom stereocenters. The van der Waals surface area contributed by atoms with Crippen molar-refractivity contribution in [3.05, 3.63) is 46.6 Å². The molecule has 1 N–H and O–H groups in total. The van der Waals surface area contributed by atoms with Crippen LogP contribution in [0.4, 0.5) is 0 Å². The van der Waals surface area contributed by atoms with E-state index in [2.05, 4.69) is 42.2 Å². The predicted molar refractivity (Wildman–Crippen MR) is 73.0 cm³/mol. The monoisotopic (exact) mass is 260 g/mol. The lowest BCUT2D eigenvalue weighted by atomic mass is 10.0. The second-order valence-corrected chi connectivity index (χ2v) is 5.09. The van der Waals surface area contributed by atoms with Crippen molar-refractivity contribution in [2.45, 2.75) is 46.1 Å². The van der Waals surface area contributed by atoms with Crippen LogP contribution < -0.4 is 0 Å². The molecule has 0 saturated heterocycles. The zero-order valence-corrected chi connectivity index (χ0v) is 11.7. The van der Waals surface area contributed by atoms with E-state index in [1.165, 1.54) is 16.7 Å². The summed E-state index contributed by atoms with van der Waals surface area (Å²) in [5, 5.41) is 13.2. The minimum Gasteiger partial charge on any atom is -0.393 e. The number of nitrogens with zero attached hydrogens (tertiary/aromatic N) is 2. The van der Waals surface area contributed by atoms with E-state index in [-0.39, 0.29) is 6.10 Å². The van der Waals surface area contributed by atoms with Crippen molar-refractivity contribution in [3.8, 4) is 0 Å². The van der Waals surface area contributed by atoms with Gasteiger partial charge in [-0.1, -0.05) is 23.4 Å². The Hall–Kier alpha value is -1.68. The standard InChI is InChI=1S/C15H20N2O2/c1-10-4-6-13(8-11(10)2)9-14-16-15(19-17-14)7-5-12(3)18/h4,6,8,12,18H,5,7,9H2,1-3H3. The summed E-state index contributed by atoms with van der Waals surface area (Å²) in [4.78, 5) is 4.34. The van der Waals surface area contributed by atoms with E-state index in [1.54, 1.807) is 6.92 Å². The van der Waals surface area contributed by atoms with Crippen LogP contribution in [0, 0.1) is 13.8 Å². The topological polar surface area (TPSA) is 59.2 Å². The second kappa shape index (κ2) is 5.97. The average molecular weight is 260 g/mol. The maximum Gasteiger partial charge on any atom is 0.226 e. The highest BCUT2D eigenvalue weighted by molar-refractivity contribution is 5.31. The Balaban J connectivity index is 2.01. The number of aryl methyl sites for hydroxylation is 3. The molecule has 4 nitrogen and oxygen atoms in total. The van der Waals surface area contributed by atoms with Gasteiger partial charge in [0.15, 0.2) is 5.82 Å². The molecule has 1 aromatic heterocycles. The summed E-state index contributed by atoms with van der Waals surface area (Å²) in [5.41, 5.74) is 3.75. The van der Waals surface area contributed by atoms with Crippen molar-refractivity contribution < 1.29 is 9.63 Å².